The van der Waals surface area contributed by atoms with Crippen molar-refractivity contribution in [1.82, 2.24) is 4.90 Å². The van der Waals surface area contributed by atoms with Gasteiger partial charge in [0.2, 0.25) is 0 Å². The van der Waals surface area contributed by atoms with Gasteiger partial charge in [-0.25, -0.2) is 0 Å². The number of hydrogen-bond acceptors (Lipinski definition) is 3. The van der Waals surface area contributed by atoms with Crippen LogP contribution in [-0.4, -0.2) is 49.6 Å². The summed E-state index contributed by atoms with van der Waals surface area (Å²) in [5, 5.41) is 2.76. The number of rotatable bonds is 6. The number of guanidine groups is 1. The van der Waals surface area contributed by atoms with Crippen LogP contribution in [0.25, 0.3) is 0 Å². The number of hydrogen-bond donors (Lipinski definition) is 2. The normalized spacial score (nSPS) is 17.6. The minimum atomic E-state index is -4.75. The Bertz CT molecular complexity index is 637. The summed E-state index contributed by atoms with van der Waals surface area (Å²) >= 11 is 0. The highest BCUT2D eigenvalue weighted by atomic mass is 19.4. The third-order valence-corrected chi connectivity index (χ3v) is 4.29. The van der Waals surface area contributed by atoms with Crippen molar-refractivity contribution < 1.29 is 31.1 Å². The molecule has 1 aliphatic rings. The Morgan fingerprint density at radius 1 is 1.11 bits per heavy atom. The third kappa shape index (κ3) is 8.68. The number of alkyl halides is 6. The van der Waals surface area contributed by atoms with Crippen LogP contribution in [0.1, 0.15) is 19.3 Å². The van der Waals surface area contributed by atoms with Gasteiger partial charge in [0.1, 0.15) is 5.75 Å². The number of halogens is 6. The summed E-state index contributed by atoms with van der Waals surface area (Å²) in [5.74, 6) is 0.0595. The first-order chi connectivity index (χ1) is 13.0. The van der Waals surface area contributed by atoms with Crippen LogP contribution in [-0.2, 0) is 0 Å². The molecule has 0 unspecified atom stereocenters. The number of nitrogens with two attached hydrogens (primary N) is 1. The molecule has 11 heteroatoms. The molecule has 1 saturated heterocycles. The molecule has 1 aromatic rings. The molecule has 0 radical (unpaired) electrons. The monoisotopic (exact) mass is 412 g/mol. The van der Waals surface area contributed by atoms with Gasteiger partial charge in [0, 0.05) is 12.2 Å². The van der Waals surface area contributed by atoms with Crippen molar-refractivity contribution in [1.29, 1.82) is 0 Å². The number of ether oxygens (including phenoxy) is 1. The van der Waals surface area contributed by atoms with Gasteiger partial charge in [-0.1, -0.05) is 0 Å². The Hall–Kier alpha value is -2.17. The minimum Gasteiger partial charge on any atom is -0.406 e. The Kier molecular flexibility index (Phi) is 7.39. The molecule has 3 N–H and O–H groups in total. The van der Waals surface area contributed by atoms with E-state index in [1.165, 1.54) is 17.0 Å². The van der Waals surface area contributed by atoms with E-state index in [2.05, 4.69) is 15.0 Å². The molecule has 1 heterocycles. The molecule has 5 nitrogen and oxygen atoms in total. The number of aliphatic imine (C=N–C) groups is 1. The van der Waals surface area contributed by atoms with E-state index in [-0.39, 0.29) is 11.7 Å². The minimum absolute atomic E-state index is 0.110. The summed E-state index contributed by atoms with van der Waals surface area (Å²) in [6.07, 6.45) is -6.85. The third-order valence-electron chi connectivity index (χ3n) is 4.29. The smallest absolute Gasteiger partial charge is 0.406 e. The fourth-order valence-electron chi connectivity index (χ4n) is 2.98. The van der Waals surface area contributed by atoms with Gasteiger partial charge in [0.25, 0.3) is 0 Å². The van der Waals surface area contributed by atoms with Crippen LogP contribution in [0, 0.1) is 5.92 Å². The maximum absolute atomic E-state index is 12.4. The zero-order valence-corrected chi connectivity index (χ0v) is 15.0. The van der Waals surface area contributed by atoms with E-state index >= 15 is 0 Å². The predicted octanol–water partition coefficient (Wildman–Crippen LogP) is 3.98. The van der Waals surface area contributed by atoms with Gasteiger partial charge in [-0.15, -0.1) is 13.2 Å². The van der Waals surface area contributed by atoms with Crippen LogP contribution in [0.2, 0.25) is 0 Å². The van der Waals surface area contributed by atoms with Gasteiger partial charge in [-0.2, -0.15) is 13.2 Å². The second-order valence-corrected chi connectivity index (χ2v) is 6.59. The molecule has 0 bridgehead atoms. The van der Waals surface area contributed by atoms with Crippen LogP contribution in [0.4, 0.5) is 32.0 Å². The molecular formula is C17H22F6N4O. The summed E-state index contributed by atoms with van der Waals surface area (Å²) in [6.45, 7) is 0.363. The Labute approximate surface area is 158 Å². The van der Waals surface area contributed by atoms with E-state index in [0.717, 1.165) is 12.1 Å². The van der Waals surface area contributed by atoms with E-state index in [1.807, 2.05) is 0 Å². The van der Waals surface area contributed by atoms with Crippen LogP contribution in [0.3, 0.4) is 0 Å². The number of nitrogens with one attached hydrogen (secondary N) is 1. The van der Waals surface area contributed by atoms with Crippen molar-refractivity contribution in [2.24, 2.45) is 16.6 Å². The predicted molar refractivity (Wildman–Crippen MR) is 93.1 cm³/mol. The molecule has 0 spiro atoms. The van der Waals surface area contributed by atoms with Crippen LogP contribution >= 0.6 is 0 Å². The van der Waals surface area contributed by atoms with Crippen LogP contribution < -0.4 is 15.8 Å². The second kappa shape index (κ2) is 9.35. The van der Waals surface area contributed by atoms with Crippen LogP contribution in [0.5, 0.6) is 5.75 Å². The van der Waals surface area contributed by atoms with Crippen molar-refractivity contribution in [3.63, 3.8) is 0 Å². The average Bonchev–Trinajstić information content (AvgIpc) is 2.56. The maximum atomic E-state index is 12.4. The maximum Gasteiger partial charge on any atom is 0.573 e. The summed E-state index contributed by atoms with van der Waals surface area (Å²) in [6, 6.07) is 5.05. The lowest BCUT2D eigenvalue weighted by Gasteiger charge is -2.32. The highest BCUT2D eigenvalue weighted by molar-refractivity contribution is 5.92. The Morgan fingerprint density at radius 2 is 1.71 bits per heavy atom. The molecule has 0 aliphatic carbocycles. The largest absolute Gasteiger partial charge is 0.573 e. The molecule has 0 aromatic heterocycles. The zero-order chi connectivity index (χ0) is 20.8. The molecule has 1 aliphatic heterocycles. The lowest BCUT2D eigenvalue weighted by molar-refractivity contribution is -0.274. The van der Waals surface area contributed by atoms with Gasteiger partial charge in [0.15, 0.2) is 5.96 Å². The van der Waals surface area contributed by atoms with E-state index in [1.54, 1.807) is 0 Å². The number of nitrogens with zero attached hydrogens (tertiary/aromatic N) is 2. The molecule has 0 saturated carbocycles. The topological polar surface area (TPSA) is 62.9 Å². The van der Waals surface area contributed by atoms with Crippen molar-refractivity contribution >= 4 is 11.6 Å². The van der Waals surface area contributed by atoms with E-state index in [9.17, 15) is 26.3 Å². The van der Waals surface area contributed by atoms with Crippen molar-refractivity contribution in [2.75, 3.05) is 31.5 Å². The lowest BCUT2D eigenvalue weighted by atomic mass is 9.93. The molecule has 1 fully saturated rings. The van der Waals surface area contributed by atoms with E-state index in [4.69, 9.17) is 5.73 Å². The highest BCUT2D eigenvalue weighted by Gasteiger charge is 2.32. The quantitative estimate of drug-likeness (QED) is 0.422. The summed E-state index contributed by atoms with van der Waals surface area (Å²) in [5.41, 5.74) is 6.20. The number of piperidine rings is 1. The molecule has 1 aromatic carbocycles. The van der Waals surface area contributed by atoms with Gasteiger partial charge in [0.05, 0.1) is 6.54 Å². The standard InChI is InChI=1S/C17H22F6N4O/c18-16(19,20)11-27-9-6-12(7-10-27)5-8-25-15(24)26-13-1-3-14(4-2-13)28-17(21,22)23/h1-4,12H,5-11H2,(H3,24,25,26). The SMILES string of the molecule is NC(=NCCC1CCN(CC(F)(F)F)CC1)Nc1ccc(OC(F)(F)F)cc1. The fourth-order valence-corrected chi connectivity index (χ4v) is 2.98. The summed E-state index contributed by atoms with van der Waals surface area (Å²) < 4.78 is 77.2. The zero-order valence-electron chi connectivity index (χ0n) is 15.0. The molecule has 28 heavy (non-hydrogen) atoms. The lowest BCUT2D eigenvalue weighted by Crippen LogP contribution is -2.40. The average molecular weight is 412 g/mol. The molecule has 2 rings (SSSR count). The van der Waals surface area contributed by atoms with E-state index in [0.29, 0.717) is 50.5 Å². The number of anilines is 1. The van der Waals surface area contributed by atoms with Crippen LogP contribution in [0.15, 0.2) is 29.3 Å². The first-order valence-corrected chi connectivity index (χ1v) is 8.72. The first kappa shape index (κ1) is 22.1. The van der Waals surface area contributed by atoms with E-state index < -0.39 is 19.1 Å². The molecular weight excluding hydrogens is 390 g/mol. The first-order valence-electron chi connectivity index (χ1n) is 8.72. The Balaban J connectivity index is 1.70. The van der Waals surface area contributed by atoms with Gasteiger partial charge in [-0.05, 0) is 62.5 Å². The highest BCUT2D eigenvalue weighted by Crippen LogP contribution is 2.25. The molecule has 158 valence electrons. The van der Waals surface area contributed by atoms with Crippen molar-refractivity contribution in [3.05, 3.63) is 24.3 Å². The van der Waals surface area contributed by atoms with Crippen molar-refractivity contribution in [3.8, 4) is 5.75 Å². The fraction of sp³-hybridized carbons (Fsp3) is 0.588. The van der Waals surface area contributed by atoms with Gasteiger partial charge >= 0.3 is 12.5 Å². The van der Waals surface area contributed by atoms with Gasteiger partial charge < -0.3 is 15.8 Å². The molecule has 0 atom stereocenters. The second-order valence-electron chi connectivity index (χ2n) is 6.59. The molecule has 0 amide bonds. The summed E-state index contributed by atoms with van der Waals surface area (Å²) in [4.78, 5) is 5.56. The Morgan fingerprint density at radius 3 is 2.25 bits per heavy atom. The van der Waals surface area contributed by atoms with Gasteiger partial charge in [-0.3, -0.25) is 9.89 Å². The summed E-state index contributed by atoms with van der Waals surface area (Å²) in [7, 11) is 0. The number of benzene rings is 1. The number of likely N-dealkylation sites (tertiary alicyclic amines) is 1. The van der Waals surface area contributed by atoms with Crippen molar-refractivity contribution in [2.45, 2.75) is 31.8 Å².